The van der Waals surface area contributed by atoms with Gasteiger partial charge >= 0.3 is 0 Å². The molecule has 0 saturated carbocycles. The number of benzene rings is 3. The summed E-state index contributed by atoms with van der Waals surface area (Å²) in [5.74, 6) is 0.590. The van der Waals surface area contributed by atoms with Crippen molar-refractivity contribution in [3.05, 3.63) is 77.3 Å². The Morgan fingerprint density at radius 3 is 2.40 bits per heavy atom. The summed E-state index contributed by atoms with van der Waals surface area (Å²) in [6.45, 7) is 1.76. The first-order chi connectivity index (χ1) is 14.4. The number of anilines is 2. The van der Waals surface area contributed by atoms with Crippen molar-refractivity contribution >= 4 is 43.9 Å². The van der Waals surface area contributed by atoms with Gasteiger partial charge in [0.1, 0.15) is 5.69 Å². The fourth-order valence-electron chi connectivity index (χ4n) is 3.26. The third kappa shape index (κ3) is 3.87. The highest BCUT2D eigenvalue weighted by molar-refractivity contribution is 7.89. The average Bonchev–Trinajstić information content (AvgIpc) is 2.74. The Morgan fingerprint density at radius 1 is 0.900 bits per heavy atom. The van der Waals surface area contributed by atoms with Crippen LogP contribution in [0.5, 0.6) is 0 Å². The maximum absolute atomic E-state index is 12.4. The fraction of sp³-hybridized carbons (Fsp3) is 0.0909. The zero-order valence-corrected chi connectivity index (χ0v) is 17.9. The molecule has 0 aliphatic carbocycles. The van der Waals surface area contributed by atoms with Gasteiger partial charge in [0.05, 0.1) is 4.90 Å². The lowest BCUT2D eigenvalue weighted by Gasteiger charge is -2.13. The smallest absolute Gasteiger partial charge is 0.240 e. The average molecular weight is 439 g/mol. The quantitative estimate of drug-likeness (QED) is 0.462. The molecule has 1 aromatic heterocycles. The first-order valence-corrected chi connectivity index (χ1v) is 11.1. The van der Waals surface area contributed by atoms with Gasteiger partial charge in [0.15, 0.2) is 5.82 Å². The molecule has 3 aromatic carbocycles. The molecule has 0 amide bonds. The van der Waals surface area contributed by atoms with Crippen molar-refractivity contribution in [2.75, 3.05) is 12.4 Å². The fourth-order valence-corrected chi connectivity index (χ4v) is 4.44. The predicted molar refractivity (Wildman–Crippen MR) is 121 cm³/mol. The van der Waals surface area contributed by atoms with Gasteiger partial charge in [0.2, 0.25) is 10.0 Å². The minimum atomic E-state index is -3.59. The largest absolute Gasteiger partial charge is 0.338 e. The van der Waals surface area contributed by atoms with Crippen LogP contribution in [-0.4, -0.2) is 25.7 Å². The molecule has 0 spiro atoms. The van der Waals surface area contributed by atoms with Gasteiger partial charge in [-0.15, -0.1) is 10.2 Å². The minimum Gasteiger partial charge on any atom is -0.338 e. The van der Waals surface area contributed by atoms with E-state index in [-0.39, 0.29) is 4.90 Å². The highest BCUT2D eigenvalue weighted by atomic mass is 35.5. The summed E-state index contributed by atoms with van der Waals surface area (Å²) in [5, 5.41) is 14.4. The van der Waals surface area contributed by atoms with Gasteiger partial charge in [-0.25, -0.2) is 13.1 Å². The van der Waals surface area contributed by atoms with E-state index in [1.54, 1.807) is 31.2 Å². The molecular weight excluding hydrogens is 420 g/mol. The van der Waals surface area contributed by atoms with Gasteiger partial charge in [0, 0.05) is 27.0 Å². The highest BCUT2D eigenvalue weighted by Crippen LogP contribution is 2.33. The van der Waals surface area contributed by atoms with Crippen LogP contribution >= 0.6 is 11.6 Å². The van der Waals surface area contributed by atoms with Crippen LogP contribution in [-0.2, 0) is 10.0 Å². The van der Waals surface area contributed by atoms with Gasteiger partial charge < -0.3 is 5.32 Å². The SMILES string of the molecule is CNS(=O)(=O)c1cc(-c2nnc(Nc3cccc(Cl)c3)c3ccccc23)ccc1C. The third-order valence-electron chi connectivity index (χ3n) is 4.79. The number of aryl methyl sites for hydroxylation is 1. The van der Waals surface area contributed by atoms with Crippen LogP contribution in [0, 0.1) is 6.92 Å². The zero-order chi connectivity index (χ0) is 21.3. The standard InChI is InChI=1S/C22H19ClN4O2S/c1-14-10-11-15(12-20(14)30(28,29)24-2)21-18-8-3-4-9-19(18)22(27-26-21)25-17-7-5-6-16(23)13-17/h3-13,24H,1-2H3,(H,25,27). The molecule has 4 aromatic rings. The zero-order valence-electron chi connectivity index (χ0n) is 16.3. The number of nitrogens with zero attached hydrogens (tertiary/aromatic N) is 2. The Labute approximate surface area is 180 Å². The topological polar surface area (TPSA) is 84.0 Å². The lowest BCUT2D eigenvalue weighted by Crippen LogP contribution is -2.19. The normalized spacial score (nSPS) is 11.6. The predicted octanol–water partition coefficient (Wildman–Crippen LogP) is 4.91. The molecule has 0 atom stereocenters. The highest BCUT2D eigenvalue weighted by Gasteiger charge is 2.18. The number of sulfonamides is 1. The van der Waals surface area contributed by atoms with Crippen LogP contribution in [0.15, 0.2) is 71.6 Å². The number of fused-ring (bicyclic) bond motifs is 1. The number of hydrogen-bond acceptors (Lipinski definition) is 5. The first kappa shape index (κ1) is 20.3. The van der Waals surface area contributed by atoms with Crippen molar-refractivity contribution in [1.29, 1.82) is 0 Å². The number of nitrogens with one attached hydrogen (secondary N) is 2. The molecule has 0 saturated heterocycles. The molecule has 0 aliphatic rings. The maximum Gasteiger partial charge on any atom is 0.240 e. The lowest BCUT2D eigenvalue weighted by molar-refractivity contribution is 0.587. The number of halogens is 1. The molecule has 6 nitrogen and oxygen atoms in total. The van der Waals surface area contributed by atoms with Crippen molar-refractivity contribution in [1.82, 2.24) is 14.9 Å². The van der Waals surface area contributed by atoms with Crippen molar-refractivity contribution in [3.63, 3.8) is 0 Å². The van der Waals surface area contributed by atoms with E-state index in [1.165, 1.54) is 7.05 Å². The number of hydrogen-bond donors (Lipinski definition) is 2. The van der Waals surface area contributed by atoms with E-state index in [4.69, 9.17) is 11.6 Å². The van der Waals surface area contributed by atoms with E-state index in [2.05, 4.69) is 20.2 Å². The first-order valence-electron chi connectivity index (χ1n) is 9.21. The van der Waals surface area contributed by atoms with Gasteiger partial charge in [-0.2, -0.15) is 0 Å². The molecule has 0 bridgehead atoms. The Morgan fingerprint density at radius 2 is 1.67 bits per heavy atom. The van der Waals surface area contributed by atoms with Crippen LogP contribution in [0.1, 0.15) is 5.56 Å². The lowest BCUT2D eigenvalue weighted by atomic mass is 10.0. The van der Waals surface area contributed by atoms with E-state index in [9.17, 15) is 8.42 Å². The molecule has 0 fully saturated rings. The van der Waals surface area contributed by atoms with Crippen LogP contribution in [0.3, 0.4) is 0 Å². The summed E-state index contributed by atoms with van der Waals surface area (Å²) in [7, 11) is -2.19. The summed E-state index contributed by atoms with van der Waals surface area (Å²) in [6, 6.07) is 20.3. The molecule has 30 heavy (non-hydrogen) atoms. The Hall–Kier alpha value is -3.00. The van der Waals surface area contributed by atoms with Crippen LogP contribution in [0.4, 0.5) is 11.5 Å². The van der Waals surface area contributed by atoms with E-state index in [0.717, 1.165) is 16.5 Å². The molecule has 1 heterocycles. The van der Waals surface area contributed by atoms with Crippen molar-refractivity contribution in [2.45, 2.75) is 11.8 Å². The van der Waals surface area contributed by atoms with Crippen LogP contribution < -0.4 is 10.0 Å². The van der Waals surface area contributed by atoms with Crippen LogP contribution in [0.25, 0.3) is 22.0 Å². The molecule has 8 heteroatoms. The van der Waals surface area contributed by atoms with Gasteiger partial charge in [0.25, 0.3) is 0 Å². The van der Waals surface area contributed by atoms with Crippen molar-refractivity contribution in [2.24, 2.45) is 0 Å². The van der Waals surface area contributed by atoms with E-state index in [1.807, 2.05) is 42.5 Å². The number of aromatic nitrogens is 2. The summed E-state index contributed by atoms with van der Waals surface area (Å²) in [5.41, 5.74) is 2.74. The van der Waals surface area contributed by atoms with E-state index < -0.39 is 10.0 Å². The van der Waals surface area contributed by atoms with E-state index in [0.29, 0.717) is 27.7 Å². The molecular formula is C22H19ClN4O2S. The summed E-state index contributed by atoms with van der Waals surface area (Å²) >= 11 is 6.08. The van der Waals surface area contributed by atoms with Crippen LogP contribution in [0.2, 0.25) is 5.02 Å². The third-order valence-corrected chi connectivity index (χ3v) is 6.59. The Kier molecular flexibility index (Phi) is 5.42. The van der Waals surface area contributed by atoms with Gasteiger partial charge in [-0.1, -0.05) is 54.1 Å². The second-order valence-corrected chi connectivity index (χ2v) is 9.06. The molecule has 0 unspecified atom stereocenters. The summed E-state index contributed by atoms with van der Waals surface area (Å²) in [4.78, 5) is 0.217. The van der Waals surface area contributed by atoms with Crippen molar-refractivity contribution < 1.29 is 8.42 Å². The van der Waals surface area contributed by atoms with Crippen molar-refractivity contribution in [3.8, 4) is 11.3 Å². The summed E-state index contributed by atoms with van der Waals surface area (Å²) in [6.07, 6.45) is 0. The van der Waals surface area contributed by atoms with E-state index >= 15 is 0 Å². The second-order valence-electron chi connectivity index (χ2n) is 6.77. The molecule has 0 radical (unpaired) electrons. The molecule has 2 N–H and O–H groups in total. The molecule has 0 aliphatic heterocycles. The molecule has 4 rings (SSSR count). The minimum absolute atomic E-state index is 0.217. The monoisotopic (exact) mass is 438 g/mol. The number of rotatable bonds is 5. The maximum atomic E-state index is 12.4. The summed E-state index contributed by atoms with van der Waals surface area (Å²) < 4.78 is 27.1. The Bertz CT molecular complexity index is 1360. The van der Waals surface area contributed by atoms with Gasteiger partial charge in [-0.05, 0) is 43.8 Å². The Balaban J connectivity index is 1.85. The second kappa shape index (κ2) is 8.02. The molecule has 152 valence electrons. The van der Waals surface area contributed by atoms with Gasteiger partial charge in [-0.3, -0.25) is 0 Å².